The molecule has 0 N–H and O–H groups in total. The summed E-state index contributed by atoms with van der Waals surface area (Å²) in [5.41, 5.74) is 2.08. The summed E-state index contributed by atoms with van der Waals surface area (Å²) in [7, 11) is 0. The van der Waals surface area contributed by atoms with Crippen molar-refractivity contribution in [3.63, 3.8) is 0 Å². The van der Waals surface area contributed by atoms with Crippen LogP contribution < -0.4 is 0 Å². The van der Waals surface area contributed by atoms with E-state index >= 15 is 0 Å². The van der Waals surface area contributed by atoms with E-state index in [2.05, 4.69) is 25.1 Å². The van der Waals surface area contributed by atoms with Gasteiger partial charge >= 0.3 is 0 Å². The number of amides is 2. The molecular weight excluding hydrogens is 288 g/mol. The number of aryl methyl sites for hydroxylation is 1. The molecule has 1 atom stereocenters. The van der Waals surface area contributed by atoms with Crippen LogP contribution >= 0.6 is 0 Å². The van der Waals surface area contributed by atoms with Crippen molar-refractivity contribution in [3.05, 3.63) is 35.4 Å². The van der Waals surface area contributed by atoms with Gasteiger partial charge in [0.05, 0.1) is 5.41 Å². The molecule has 2 heterocycles. The van der Waals surface area contributed by atoms with E-state index in [9.17, 15) is 9.59 Å². The fraction of sp³-hybridized carbons (Fsp3) is 0.579. The average Bonchev–Trinajstić information content (AvgIpc) is 3.07. The lowest BCUT2D eigenvalue weighted by Gasteiger charge is -2.24. The maximum Gasteiger partial charge on any atom is 0.231 e. The normalized spacial score (nSPS) is 24.3. The minimum Gasteiger partial charge on any atom is -0.341 e. The van der Waals surface area contributed by atoms with E-state index in [1.54, 1.807) is 0 Å². The molecule has 2 fully saturated rings. The van der Waals surface area contributed by atoms with E-state index in [0.29, 0.717) is 13.1 Å². The van der Waals surface area contributed by atoms with Gasteiger partial charge in [-0.25, -0.2) is 0 Å². The molecular formula is C19H26N2O2. The Morgan fingerprint density at radius 3 is 2.70 bits per heavy atom. The van der Waals surface area contributed by atoms with Crippen LogP contribution in [-0.4, -0.2) is 41.2 Å². The van der Waals surface area contributed by atoms with Gasteiger partial charge in [-0.15, -0.1) is 0 Å². The zero-order chi connectivity index (χ0) is 16.6. The predicted octanol–water partition coefficient (Wildman–Crippen LogP) is 2.60. The molecule has 2 aliphatic rings. The Hall–Kier alpha value is -1.84. The van der Waals surface area contributed by atoms with Crippen LogP contribution in [0, 0.1) is 18.3 Å². The molecule has 0 aromatic heterocycles. The van der Waals surface area contributed by atoms with Gasteiger partial charge < -0.3 is 9.80 Å². The molecule has 1 spiro atoms. The van der Waals surface area contributed by atoms with Crippen LogP contribution in [0.2, 0.25) is 0 Å². The van der Waals surface area contributed by atoms with Gasteiger partial charge in [0.1, 0.15) is 0 Å². The van der Waals surface area contributed by atoms with Crippen LogP contribution in [0.3, 0.4) is 0 Å². The van der Waals surface area contributed by atoms with Gasteiger partial charge in [0.2, 0.25) is 11.8 Å². The second kappa shape index (κ2) is 5.99. The molecule has 3 rings (SSSR count). The summed E-state index contributed by atoms with van der Waals surface area (Å²) in [5, 5.41) is 0. The maximum atomic E-state index is 12.9. The Bertz CT molecular complexity index is 626. The van der Waals surface area contributed by atoms with Gasteiger partial charge in [-0.1, -0.05) is 43.7 Å². The van der Waals surface area contributed by atoms with Crippen molar-refractivity contribution in [2.45, 2.75) is 40.2 Å². The molecule has 0 bridgehead atoms. The molecule has 23 heavy (non-hydrogen) atoms. The minimum absolute atomic E-state index is 0.00468. The van der Waals surface area contributed by atoms with Gasteiger partial charge in [0, 0.05) is 32.1 Å². The first-order valence-corrected chi connectivity index (χ1v) is 8.55. The molecule has 0 saturated carbocycles. The molecule has 2 amide bonds. The van der Waals surface area contributed by atoms with E-state index in [-0.39, 0.29) is 23.1 Å². The summed E-state index contributed by atoms with van der Waals surface area (Å²) in [6.07, 6.45) is 1.69. The summed E-state index contributed by atoms with van der Waals surface area (Å²) in [5.74, 6) is 0.412. The molecule has 124 valence electrons. The molecule has 0 aliphatic carbocycles. The number of carbonyl (C=O) groups excluding carboxylic acids is 2. The summed E-state index contributed by atoms with van der Waals surface area (Å²) in [6.45, 7) is 8.73. The number of benzene rings is 1. The average molecular weight is 314 g/mol. The Morgan fingerprint density at radius 1 is 1.26 bits per heavy atom. The Labute approximate surface area is 138 Å². The Balaban J connectivity index is 1.68. The molecule has 1 aromatic carbocycles. The van der Waals surface area contributed by atoms with Gasteiger partial charge in [0.15, 0.2) is 0 Å². The Morgan fingerprint density at radius 2 is 2.00 bits per heavy atom. The van der Waals surface area contributed by atoms with Gasteiger partial charge in [-0.3, -0.25) is 9.59 Å². The van der Waals surface area contributed by atoms with Crippen LogP contribution in [0.4, 0.5) is 0 Å². The number of hydrogen-bond donors (Lipinski definition) is 0. The molecule has 0 unspecified atom stereocenters. The highest BCUT2D eigenvalue weighted by Crippen LogP contribution is 2.41. The van der Waals surface area contributed by atoms with E-state index in [1.807, 2.05) is 29.7 Å². The van der Waals surface area contributed by atoms with Crippen molar-refractivity contribution in [1.82, 2.24) is 9.80 Å². The quantitative estimate of drug-likeness (QED) is 0.860. The van der Waals surface area contributed by atoms with Crippen LogP contribution in [0.5, 0.6) is 0 Å². The van der Waals surface area contributed by atoms with Gasteiger partial charge in [-0.2, -0.15) is 0 Å². The first kappa shape index (κ1) is 16.0. The smallest absolute Gasteiger partial charge is 0.231 e. The zero-order valence-electron chi connectivity index (χ0n) is 14.3. The monoisotopic (exact) mass is 314 g/mol. The van der Waals surface area contributed by atoms with Gasteiger partial charge in [0.25, 0.3) is 0 Å². The maximum absolute atomic E-state index is 12.9. The summed E-state index contributed by atoms with van der Waals surface area (Å²) < 4.78 is 0. The molecule has 4 heteroatoms. The lowest BCUT2D eigenvalue weighted by Crippen LogP contribution is -2.39. The molecule has 1 aromatic rings. The first-order chi connectivity index (χ1) is 10.9. The first-order valence-electron chi connectivity index (χ1n) is 8.55. The van der Waals surface area contributed by atoms with E-state index in [4.69, 9.17) is 0 Å². The third-order valence-electron chi connectivity index (χ3n) is 5.22. The number of carbonyl (C=O) groups is 2. The van der Waals surface area contributed by atoms with E-state index in [1.165, 1.54) is 11.1 Å². The van der Waals surface area contributed by atoms with Crippen LogP contribution in [-0.2, 0) is 16.1 Å². The third kappa shape index (κ3) is 2.99. The highest BCUT2D eigenvalue weighted by Gasteiger charge is 2.51. The number of hydrogen-bond acceptors (Lipinski definition) is 2. The summed E-state index contributed by atoms with van der Waals surface area (Å²) >= 11 is 0. The highest BCUT2D eigenvalue weighted by atomic mass is 16.2. The highest BCUT2D eigenvalue weighted by molar-refractivity contribution is 5.87. The second-order valence-electron chi connectivity index (χ2n) is 7.41. The molecule has 4 nitrogen and oxygen atoms in total. The lowest BCUT2D eigenvalue weighted by atomic mass is 9.85. The van der Waals surface area contributed by atoms with Crippen LogP contribution in [0.25, 0.3) is 0 Å². The van der Waals surface area contributed by atoms with Crippen molar-refractivity contribution in [1.29, 1.82) is 0 Å². The van der Waals surface area contributed by atoms with E-state index < -0.39 is 0 Å². The molecule has 2 aliphatic heterocycles. The number of rotatable bonds is 3. The van der Waals surface area contributed by atoms with Gasteiger partial charge in [-0.05, 0) is 25.3 Å². The minimum atomic E-state index is -0.325. The topological polar surface area (TPSA) is 40.6 Å². The van der Waals surface area contributed by atoms with Crippen LogP contribution in [0.15, 0.2) is 24.3 Å². The summed E-state index contributed by atoms with van der Waals surface area (Å²) in [6, 6.07) is 8.33. The third-order valence-corrected chi connectivity index (χ3v) is 5.22. The van der Waals surface area contributed by atoms with E-state index in [0.717, 1.165) is 25.9 Å². The predicted molar refractivity (Wildman–Crippen MR) is 89.7 cm³/mol. The molecule has 0 radical (unpaired) electrons. The Kier molecular flexibility index (Phi) is 4.17. The fourth-order valence-corrected chi connectivity index (χ4v) is 3.88. The van der Waals surface area contributed by atoms with Crippen molar-refractivity contribution in [2.75, 3.05) is 19.6 Å². The van der Waals surface area contributed by atoms with Crippen molar-refractivity contribution >= 4 is 11.8 Å². The standard InChI is InChI=1S/C19H26N2O2/c1-14(2)17(22)21-10-8-19(13-21)7-9-20(18(19)23)12-16-6-4-5-15(3)11-16/h4-6,11,14H,7-10,12-13H2,1-3H3/t19-/m1/s1. The number of nitrogens with zero attached hydrogens (tertiary/aromatic N) is 2. The van der Waals surface area contributed by atoms with Crippen molar-refractivity contribution in [3.8, 4) is 0 Å². The fourth-order valence-electron chi connectivity index (χ4n) is 3.88. The largest absolute Gasteiger partial charge is 0.341 e. The molecule has 2 saturated heterocycles. The lowest BCUT2D eigenvalue weighted by molar-refractivity contribution is -0.137. The zero-order valence-corrected chi connectivity index (χ0v) is 14.3. The SMILES string of the molecule is Cc1cccc(CN2CC[C@]3(CCN(C(=O)C(C)C)C3)C2=O)c1. The van der Waals surface area contributed by atoms with Crippen LogP contribution in [0.1, 0.15) is 37.8 Å². The van der Waals surface area contributed by atoms with Crippen molar-refractivity contribution < 1.29 is 9.59 Å². The second-order valence-corrected chi connectivity index (χ2v) is 7.41. The van der Waals surface area contributed by atoms with Crippen molar-refractivity contribution in [2.24, 2.45) is 11.3 Å². The number of likely N-dealkylation sites (tertiary alicyclic amines) is 2. The summed E-state index contributed by atoms with van der Waals surface area (Å²) in [4.78, 5) is 29.0.